The zero-order chi connectivity index (χ0) is 13.4. The molecule has 18 heavy (non-hydrogen) atoms. The average Bonchev–Trinajstić information content (AvgIpc) is 2.33. The van der Waals surface area contributed by atoms with E-state index in [0.717, 1.165) is 11.1 Å². The van der Waals surface area contributed by atoms with Crippen molar-refractivity contribution in [2.75, 3.05) is 0 Å². The van der Waals surface area contributed by atoms with Gasteiger partial charge in [-0.2, -0.15) is 0 Å². The van der Waals surface area contributed by atoms with E-state index >= 15 is 0 Å². The fourth-order valence-corrected chi connectivity index (χ4v) is 3.27. The Labute approximate surface area is 108 Å². The lowest BCUT2D eigenvalue weighted by atomic mass is 9.66. The van der Waals surface area contributed by atoms with Crippen LogP contribution in [-0.2, 0) is 0 Å². The van der Waals surface area contributed by atoms with Gasteiger partial charge in [0.05, 0.1) is 0 Å². The van der Waals surface area contributed by atoms with E-state index in [2.05, 4.69) is 0 Å². The van der Waals surface area contributed by atoms with Crippen LogP contribution in [0.1, 0.15) is 27.7 Å². The van der Waals surface area contributed by atoms with Crippen LogP contribution in [0.15, 0.2) is 47.1 Å². The number of halogens is 2. The van der Waals surface area contributed by atoms with E-state index in [4.69, 9.17) is 0 Å². The maximum absolute atomic E-state index is 13.8. The number of hydrogen-bond donors (Lipinski definition) is 0. The zero-order valence-electron chi connectivity index (χ0n) is 11.4. The van der Waals surface area contributed by atoms with Crippen molar-refractivity contribution >= 4 is 0 Å². The van der Waals surface area contributed by atoms with Crippen molar-refractivity contribution in [2.45, 2.75) is 27.7 Å². The van der Waals surface area contributed by atoms with Crippen LogP contribution < -0.4 is 0 Å². The molecular formula is C16H20F2. The molecule has 0 nitrogen and oxygen atoms in total. The van der Waals surface area contributed by atoms with E-state index in [1.165, 1.54) is 12.2 Å². The highest BCUT2D eigenvalue weighted by molar-refractivity contribution is 5.32. The summed E-state index contributed by atoms with van der Waals surface area (Å²) in [6.45, 7) is 7.81. The normalized spacial score (nSPS) is 36.6. The molecule has 2 aliphatic rings. The second-order valence-electron chi connectivity index (χ2n) is 5.55. The fourth-order valence-electron chi connectivity index (χ4n) is 3.27. The average molecular weight is 250 g/mol. The summed E-state index contributed by atoms with van der Waals surface area (Å²) in [6, 6.07) is 0. The van der Waals surface area contributed by atoms with Gasteiger partial charge in [0.15, 0.2) is 0 Å². The molecule has 4 atom stereocenters. The summed E-state index contributed by atoms with van der Waals surface area (Å²) in [6.07, 6.45) is 6.73. The van der Waals surface area contributed by atoms with Crippen LogP contribution in [0.25, 0.3) is 0 Å². The van der Waals surface area contributed by atoms with Crippen molar-refractivity contribution in [3.8, 4) is 0 Å². The third kappa shape index (κ3) is 2.09. The van der Waals surface area contributed by atoms with Gasteiger partial charge in [-0.15, -0.1) is 0 Å². The minimum atomic E-state index is -0.170. The fraction of sp³-hybridized carbons (Fsp3) is 0.500. The molecule has 0 aliphatic heterocycles. The lowest BCUT2D eigenvalue weighted by molar-refractivity contribution is 0.239. The van der Waals surface area contributed by atoms with Gasteiger partial charge in [-0.3, -0.25) is 0 Å². The first-order valence-corrected chi connectivity index (χ1v) is 6.51. The smallest absolute Gasteiger partial charge is 0.103 e. The van der Waals surface area contributed by atoms with Crippen molar-refractivity contribution < 1.29 is 8.78 Å². The van der Waals surface area contributed by atoms with E-state index in [1.54, 1.807) is 0 Å². The lowest BCUT2D eigenvalue weighted by Crippen LogP contribution is -2.32. The molecule has 0 radical (unpaired) electrons. The monoisotopic (exact) mass is 250 g/mol. The summed E-state index contributed by atoms with van der Waals surface area (Å²) in [5.41, 5.74) is 2.28. The minimum absolute atomic E-state index is 0.0562. The van der Waals surface area contributed by atoms with E-state index in [-0.39, 0.29) is 35.3 Å². The van der Waals surface area contributed by atoms with Gasteiger partial charge in [0, 0.05) is 11.8 Å². The molecule has 2 heteroatoms. The standard InChI is InChI=1S/C16H20F2/c1-9-5-7-13(17)11(3)15(9)16-10(2)6-8-14(18)12(16)4/h5-8,11-12,15-16H,1-4H3/t11?,12?,15-,16?/m1/s1. The molecule has 0 N–H and O–H groups in total. The molecule has 0 aromatic carbocycles. The molecule has 0 fully saturated rings. The van der Waals surface area contributed by atoms with Crippen LogP contribution in [0.2, 0.25) is 0 Å². The molecule has 0 amide bonds. The zero-order valence-corrected chi connectivity index (χ0v) is 11.4. The van der Waals surface area contributed by atoms with Crippen LogP contribution in [-0.4, -0.2) is 0 Å². The van der Waals surface area contributed by atoms with Gasteiger partial charge >= 0.3 is 0 Å². The Morgan fingerprint density at radius 1 is 0.722 bits per heavy atom. The van der Waals surface area contributed by atoms with Gasteiger partial charge in [0.2, 0.25) is 0 Å². The van der Waals surface area contributed by atoms with Crippen LogP contribution in [0.5, 0.6) is 0 Å². The van der Waals surface area contributed by atoms with Gasteiger partial charge in [-0.05, 0) is 37.8 Å². The summed E-state index contributed by atoms with van der Waals surface area (Å²) >= 11 is 0. The number of rotatable bonds is 1. The van der Waals surface area contributed by atoms with Crippen LogP contribution in [0, 0.1) is 23.7 Å². The molecule has 3 unspecified atom stereocenters. The highest BCUT2D eigenvalue weighted by Crippen LogP contribution is 2.46. The molecule has 0 saturated carbocycles. The summed E-state index contributed by atoms with van der Waals surface area (Å²) in [5, 5.41) is 0. The number of hydrogen-bond acceptors (Lipinski definition) is 0. The Morgan fingerprint density at radius 2 is 1.06 bits per heavy atom. The molecule has 2 rings (SSSR count). The maximum atomic E-state index is 13.8. The molecule has 0 spiro atoms. The molecule has 98 valence electrons. The first-order chi connectivity index (χ1) is 8.43. The van der Waals surface area contributed by atoms with E-state index in [9.17, 15) is 8.78 Å². The third-order valence-corrected chi connectivity index (χ3v) is 4.40. The second-order valence-corrected chi connectivity index (χ2v) is 5.55. The highest BCUT2D eigenvalue weighted by Gasteiger charge is 2.38. The molecular weight excluding hydrogens is 230 g/mol. The third-order valence-electron chi connectivity index (χ3n) is 4.40. The number of allylic oxidation sites excluding steroid dienone is 8. The molecule has 0 aromatic heterocycles. The van der Waals surface area contributed by atoms with Crippen molar-refractivity contribution in [1.29, 1.82) is 0 Å². The Bertz CT molecular complexity index is 421. The Hall–Kier alpha value is -1.18. The summed E-state index contributed by atoms with van der Waals surface area (Å²) in [7, 11) is 0. The van der Waals surface area contributed by atoms with Crippen LogP contribution in [0.4, 0.5) is 8.78 Å². The first kappa shape index (κ1) is 13.3. The highest BCUT2D eigenvalue weighted by atomic mass is 19.1. The quantitative estimate of drug-likeness (QED) is 0.606. The lowest BCUT2D eigenvalue weighted by Gasteiger charge is -2.39. The summed E-state index contributed by atoms with van der Waals surface area (Å²) < 4.78 is 27.6. The SMILES string of the molecule is CC1=CC=C(F)C(C)C1[C@@H]1C(C)=CC=C(F)C1C. The Kier molecular flexibility index (Phi) is 3.56. The van der Waals surface area contributed by atoms with Gasteiger partial charge in [0.1, 0.15) is 11.7 Å². The van der Waals surface area contributed by atoms with Gasteiger partial charge in [-0.1, -0.05) is 37.1 Å². The van der Waals surface area contributed by atoms with E-state index < -0.39 is 0 Å². The predicted molar refractivity (Wildman–Crippen MR) is 71.2 cm³/mol. The molecule has 2 aliphatic carbocycles. The predicted octanol–water partition coefficient (Wildman–Crippen LogP) is 5.12. The largest absolute Gasteiger partial charge is 0.212 e. The van der Waals surface area contributed by atoms with Crippen LogP contribution in [0.3, 0.4) is 0 Å². The van der Waals surface area contributed by atoms with E-state index in [1.807, 2.05) is 39.8 Å². The molecule has 0 heterocycles. The van der Waals surface area contributed by atoms with E-state index in [0.29, 0.717) is 0 Å². The van der Waals surface area contributed by atoms with Gasteiger partial charge in [-0.25, -0.2) is 8.78 Å². The van der Waals surface area contributed by atoms with Gasteiger partial charge in [0.25, 0.3) is 0 Å². The van der Waals surface area contributed by atoms with Crippen LogP contribution >= 0.6 is 0 Å². The molecule has 0 bridgehead atoms. The summed E-state index contributed by atoms with van der Waals surface area (Å²) in [4.78, 5) is 0. The van der Waals surface area contributed by atoms with Gasteiger partial charge < -0.3 is 0 Å². The molecule has 0 saturated heterocycles. The topological polar surface area (TPSA) is 0 Å². The van der Waals surface area contributed by atoms with Crippen molar-refractivity contribution in [2.24, 2.45) is 23.7 Å². The maximum Gasteiger partial charge on any atom is 0.103 e. The minimum Gasteiger partial charge on any atom is -0.212 e. The van der Waals surface area contributed by atoms with Crippen molar-refractivity contribution in [1.82, 2.24) is 0 Å². The second kappa shape index (κ2) is 4.83. The van der Waals surface area contributed by atoms with Crippen molar-refractivity contribution in [3.05, 3.63) is 47.1 Å². The van der Waals surface area contributed by atoms with Crippen molar-refractivity contribution in [3.63, 3.8) is 0 Å². The summed E-state index contributed by atoms with van der Waals surface area (Å²) in [5.74, 6) is -0.420. The first-order valence-electron chi connectivity index (χ1n) is 6.51. The molecule has 0 aromatic rings. The Morgan fingerprint density at radius 3 is 1.39 bits per heavy atom. The Balaban J connectivity index is 2.37.